The molecule has 0 heterocycles. The highest BCUT2D eigenvalue weighted by Gasteiger charge is 2.14. The molecule has 4 nitrogen and oxygen atoms in total. The lowest BCUT2D eigenvalue weighted by molar-refractivity contribution is -0.384. The zero-order valence-electron chi connectivity index (χ0n) is 10.5. The number of rotatable bonds is 4. The van der Waals surface area contributed by atoms with Gasteiger partial charge in [0, 0.05) is 12.1 Å². The van der Waals surface area contributed by atoms with Crippen molar-refractivity contribution in [3.8, 4) is 6.07 Å². The van der Waals surface area contributed by atoms with E-state index in [0.29, 0.717) is 17.5 Å². The van der Waals surface area contributed by atoms with Crippen molar-refractivity contribution in [3.63, 3.8) is 0 Å². The topological polar surface area (TPSA) is 66.9 Å². The summed E-state index contributed by atoms with van der Waals surface area (Å²) in [5.41, 5.74) is 1.87. The van der Waals surface area contributed by atoms with Crippen LogP contribution in [0.3, 0.4) is 0 Å². The van der Waals surface area contributed by atoms with Crippen molar-refractivity contribution in [2.45, 2.75) is 11.8 Å². The van der Waals surface area contributed by atoms with Gasteiger partial charge in [-0.05, 0) is 17.5 Å². The highest BCUT2D eigenvalue weighted by Crippen LogP contribution is 2.27. The third kappa shape index (κ3) is 3.14. The van der Waals surface area contributed by atoms with Gasteiger partial charge in [-0.15, -0.1) is 11.6 Å². The lowest BCUT2D eigenvalue weighted by Gasteiger charge is -2.10. The third-order valence-corrected chi connectivity index (χ3v) is 3.39. The molecule has 100 valence electrons. The van der Waals surface area contributed by atoms with E-state index in [2.05, 4.69) is 0 Å². The molecule has 0 saturated heterocycles. The van der Waals surface area contributed by atoms with Gasteiger partial charge in [0.2, 0.25) is 0 Å². The number of alkyl halides is 1. The Morgan fingerprint density at radius 3 is 2.55 bits per heavy atom. The molecule has 0 aromatic heterocycles. The highest BCUT2D eigenvalue weighted by molar-refractivity contribution is 6.20. The Hall–Kier alpha value is -2.38. The molecule has 0 amide bonds. The minimum Gasteiger partial charge on any atom is -0.258 e. The highest BCUT2D eigenvalue weighted by atomic mass is 35.5. The molecule has 1 atom stereocenters. The van der Waals surface area contributed by atoms with Crippen molar-refractivity contribution in [2.24, 2.45) is 0 Å². The second-order valence-corrected chi connectivity index (χ2v) is 4.82. The van der Waals surface area contributed by atoms with Crippen LogP contribution in [0.2, 0.25) is 0 Å². The van der Waals surface area contributed by atoms with Crippen LogP contribution in [0.25, 0.3) is 0 Å². The normalized spacial score (nSPS) is 11.6. The Labute approximate surface area is 121 Å². The van der Waals surface area contributed by atoms with E-state index in [0.717, 1.165) is 5.56 Å². The van der Waals surface area contributed by atoms with E-state index < -0.39 is 4.92 Å². The maximum atomic E-state index is 10.7. The number of halogens is 1. The number of nitro groups is 1. The average molecular weight is 287 g/mol. The summed E-state index contributed by atoms with van der Waals surface area (Å²) in [7, 11) is 0. The largest absolute Gasteiger partial charge is 0.270 e. The molecule has 0 bridgehead atoms. The molecule has 0 aliphatic heterocycles. The van der Waals surface area contributed by atoms with Gasteiger partial charge < -0.3 is 0 Å². The van der Waals surface area contributed by atoms with Crippen LogP contribution in [0.1, 0.15) is 22.1 Å². The Morgan fingerprint density at radius 2 is 1.95 bits per heavy atom. The summed E-state index contributed by atoms with van der Waals surface area (Å²) in [5.74, 6) is 0. The maximum Gasteiger partial charge on any atom is 0.270 e. The number of nitriles is 1. The van der Waals surface area contributed by atoms with Gasteiger partial charge in [0.25, 0.3) is 5.69 Å². The van der Waals surface area contributed by atoms with Crippen LogP contribution in [0.15, 0.2) is 48.5 Å². The first-order valence-corrected chi connectivity index (χ1v) is 6.42. The number of benzene rings is 2. The van der Waals surface area contributed by atoms with Crippen LogP contribution >= 0.6 is 11.6 Å². The standard InChI is InChI=1S/C15H11ClN2O2/c16-15(11-4-2-1-3-5-11)9-12-6-7-14(18(19)20)8-13(12)10-17/h1-8,15H,9H2. The Kier molecular flexibility index (Phi) is 4.34. The maximum absolute atomic E-state index is 10.7. The minimum absolute atomic E-state index is 0.0869. The first-order chi connectivity index (χ1) is 9.61. The summed E-state index contributed by atoms with van der Waals surface area (Å²) in [5, 5.41) is 19.5. The van der Waals surface area contributed by atoms with E-state index in [4.69, 9.17) is 16.9 Å². The smallest absolute Gasteiger partial charge is 0.258 e. The van der Waals surface area contributed by atoms with Crippen molar-refractivity contribution in [3.05, 3.63) is 75.3 Å². The lowest BCUT2D eigenvalue weighted by atomic mass is 9.99. The molecule has 2 rings (SSSR count). The molecular weight excluding hydrogens is 276 g/mol. The Balaban J connectivity index is 2.26. The molecule has 2 aromatic carbocycles. The molecule has 0 radical (unpaired) electrons. The zero-order valence-corrected chi connectivity index (χ0v) is 11.2. The van der Waals surface area contributed by atoms with Gasteiger partial charge in [0.1, 0.15) is 0 Å². The van der Waals surface area contributed by atoms with Gasteiger partial charge in [0.05, 0.1) is 21.9 Å². The number of nitrogens with zero attached hydrogens (tertiary/aromatic N) is 2. The van der Waals surface area contributed by atoms with Crippen LogP contribution in [-0.2, 0) is 6.42 Å². The van der Waals surface area contributed by atoms with Crippen molar-refractivity contribution in [2.75, 3.05) is 0 Å². The summed E-state index contributed by atoms with van der Waals surface area (Å²) < 4.78 is 0. The van der Waals surface area contributed by atoms with Crippen LogP contribution in [0, 0.1) is 21.4 Å². The molecule has 0 saturated carbocycles. The summed E-state index contributed by atoms with van der Waals surface area (Å²) in [6, 6.07) is 15.8. The van der Waals surface area contributed by atoms with Crippen molar-refractivity contribution < 1.29 is 4.92 Å². The summed E-state index contributed by atoms with van der Waals surface area (Å²) in [6.45, 7) is 0. The fraction of sp³-hybridized carbons (Fsp3) is 0.133. The first kappa shape index (κ1) is 14.0. The van der Waals surface area contributed by atoms with Crippen molar-refractivity contribution >= 4 is 17.3 Å². The Bertz CT molecular complexity index is 665. The van der Waals surface area contributed by atoms with Gasteiger partial charge in [-0.1, -0.05) is 36.4 Å². The predicted octanol–water partition coefficient (Wildman–Crippen LogP) is 3.99. The zero-order chi connectivity index (χ0) is 14.5. The molecule has 0 fully saturated rings. The summed E-state index contributed by atoms with van der Waals surface area (Å²) in [4.78, 5) is 10.2. The molecule has 2 aromatic rings. The summed E-state index contributed by atoms with van der Waals surface area (Å²) in [6.07, 6.45) is 0.451. The molecule has 5 heteroatoms. The van der Waals surface area contributed by atoms with Crippen LogP contribution < -0.4 is 0 Å². The van der Waals surface area contributed by atoms with Crippen LogP contribution in [0.5, 0.6) is 0 Å². The van der Waals surface area contributed by atoms with Crippen LogP contribution in [-0.4, -0.2) is 4.92 Å². The second kappa shape index (κ2) is 6.18. The lowest BCUT2D eigenvalue weighted by Crippen LogP contribution is -1.99. The minimum atomic E-state index is -0.514. The van der Waals surface area contributed by atoms with Gasteiger partial charge in [-0.2, -0.15) is 5.26 Å². The number of nitro benzene ring substituents is 1. The second-order valence-electron chi connectivity index (χ2n) is 4.29. The van der Waals surface area contributed by atoms with Gasteiger partial charge in [-0.3, -0.25) is 10.1 Å². The third-order valence-electron chi connectivity index (χ3n) is 2.99. The molecule has 20 heavy (non-hydrogen) atoms. The molecule has 0 aliphatic rings. The molecule has 1 unspecified atom stereocenters. The fourth-order valence-electron chi connectivity index (χ4n) is 1.93. The molecular formula is C15H11ClN2O2. The average Bonchev–Trinajstić information content (AvgIpc) is 2.48. The van der Waals surface area contributed by atoms with Gasteiger partial charge >= 0.3 is 0 Å². The molecule has 0 spiro atoms. The monoisotopic (exact) mass is 286 g/mol. The number of hydrogen-bond acceptors (Lipinski definition) is 3. The van der Waals surface area contributed by atoms with E-state index in [1.165, 1.54) is 12.1 Å². The van der Waals surface area contributed by atoms with E-state index in [-0.39, 0.29) is 11.1 Å². The van der Waals surface area contributed by atoms with Crippen molar-refractivity contribution in [1.29, 1.82) is 5.26 Å². The summed E-state index contributed by atoms with van der Waals surface area (Å²) >= 11 is 6.33. The number of hydrogen-bond donors (Lipinski definition) is 0. The molecule has 0 N–H and O–H groups in total. The van der Waals surface area contributed by atoms with E-state index in [1.807, 2.05) is 36.4 Å². The Morgan fingerprint density at radius 1 is 1.25 bits per heavy atom. The van der Waals surface area contributed by atoms with Crippen LogP contribution in [0.4, 0.5) is 5.69 Å². The number of non-ortho nitro benzene ring substituents is 1. The first-order valence-electron chi connectivity index (χ1n) is 5.98. The fourth-order valence-corrected chi connectivity index (χ4v) is 2.24. The van der Waals surface area contributed by atoms with Gasteiger partial charge in [0.15, 0.2) is 0 Å². The SMILES string of the molecule is N#Cc1cc([N+](=O)[O-])ccc1CC(Cl)c1ccccc1. The quantitative estimate of drug-likeness (QED) is 0.485. The van der Waals surface area contributed by atoms with E-state index in [9.17, 15) is 10.1 Å². The van der Waals surface area contributed by atoms with Crippen molar-refractivity contribution in [1.82, 2.24) is 0 Å². The molecule has 0 aliphatic carbocycles. The van der Waals surface area contributed by atoms with E-state index >= 15 is 0 Å². The predicted molar refractivity (Wildman–Crippen MR) is 76.6 cm³/mol. The van der Waals surface area contributed by atoms with E-state index in [1.54, 1.807) is 6.07 Å². The van der Waals surface area contributed by atoms with Gasteiger partial charge in [-0.25, -0.2) is 0 Å².